The Morgan fingerprint density at radius 1 is 1.28 bits per heavy atom. The lowest BCUT2D eigenvalue weighted by molar-refractivity contribution is 0.0681. The molecule has 0 radical (unpaired) electrons. The normalized spacial score (nSPS) is 34.0. The van der Waals surface area contributed by atoms with Crippen LogP contribution in [0.15, 0.2) is 0 Å². The number of piperazine rings is 1. The molecule has 0 aromatic heterocycles. The van der Waals surface area contributed by atoms with Crippen LogP contribution in [-0.4, -0.2) is 49.3 Å². The third kappa shape index (κ3) is 3.94. The summed E-state index contributed by atoms with van der Waals surface area (Å²) in [6.45, 7) is 9.21. The van der Waals surface area contributed by atoms with Gasteiger partial charge in [0.2, 0.25) is 0 Å². The first-order valence-electron chi connectivity index (χ1n) is 7.92. The molecule has 0 saturated carbocycles. The van der Waals surface area contributed by atoms with E-state index in [4.69, 9.17) is 4.74 Å². The van der Waals surface area contributed by atoms with E-state index in [-0.39, 0.29) is 0 Å². The monoisotopic (exact) mass is 254 g/mol. The molecule has 3 unspecified atom stereocenters. The van der Waals surface area contributed by atoms with Gasteiger partial charge in [-0.05, 0) is 32.1 Å². The zero-order valence-corrected chi connectivity index (χ0v) is 12.2. The molecular formula is C15H30N2O. The third-order valence-corrected chi connectivity index (χ3v) is 4.49. The van der Waals surface area contributed by atoms with Crippen LogP contribution in [0.4, 0.5) is 0 Å². The number of hydrogen-bond donors (Lipinski definition) is 1. The Bertz CT molecular complexity index is 229. The number of hydrogen-bond acceptors (Lipinski definition) is 3. The van der Waals surface area contributed by atoms with Crippen molar-refractivity contribution in [3.05, 3.63) is 0 Å². The molecule has 3 nitrogen and oxygen atoms in total. The quantitative estimate of drug-likeness (QED) is 0.788. The van der Waals surface area contributed by atoms with Gasteiger partial charge in [0.25, 0.3) is 0 Å². The number of nitrogens with zero attached hydrogens (tertiary/aromatic N) is 1. The van der Waals surface area contributed by atoms with E-state index in [0.717, 1.165) is 12.6 Å². The van der Waals surface area contributed by atoms with Crippen molar-refractivity contribution in [1.82, 2.24) is 10.2 Å². The minimum absolute atomic E-state index is 0.544. The maximum absolute atomic E-state index is 5.75. The summed E-state index contributed by atoms with van der Waals surface area (Å²) >= 11 is 0. The fourth-order valence-corrected chi connectivity index (χ4v) is 3.28. The lowest BCUT2D eigenvalue weighted by Crippen LogP contribution is -2.56. The van der Waals surface area contributed by atoms with Gasteiger partial charge in [-0.25, -0.2) is 0 Å². The summed E-state index contributed by atoms with van der Waals surface area (Å²) in [7, 11) is 0. The summed E-state index contributed by atoms with van der Waals surface area (Å²) in [6.07, 6.45) is 8.19. The molecule has 0 aromatic rings. The lowest BCUT2D eigenvalue weighted by atomic mass is 10.0. The number of ether oxygens (including phenoxy) is 1. The molecule has 2 aliphatic heterocycles. The largest absolute Gasteiger partial charge is 0.378 e. The summed E-state index contributed by atoms with van der Waals surface area (Å²) in [4.78, 5) is 2.72. The van der Waals surface area contributed by atoms with Crippen molar-refractivity contribution >= 4 is 0 Å². The zero-order chi connectivity index (χ0) is 12.8. The fourth-order valence-electron chi connectivity index (χ4n) is 3.28. The van der Waals surface area contributed by atoms with Crippen LogP contribution in [0.2, 0.25) is 0 Å². The van der Waals surface area contributed by atoms with E-state index in [0.29, 0.717) is 12.1 Å². The molecule has 3 atom stereocenters. The van der Waals surface area contributed by atoms with Gasteiger partial charge in [-0.15, -0.1) is 0 Å². The van der Waals surface area contributed by atoms with Gasteiger partial charge >= 0.3 is 0 Å². The average Bonchev–Trinajstić information content (AvgIpc) is 2.91. The van der Waals surface area contributed by atoms with Gasteiger partial charge < -0.3 is 10.1 Å². The molecule has 106 valence electrons. The molecule has 3 heteroatoms. The summed E-state index contributed by atoms with van der Waals surface area (Å²) in [6, 6.07) is 1.45. The Morgan fingerprint density at radius 3 is 2.83 bits per heavy atom. The molecule has 0 aliphatic carbocycles. The maximum atomic E-state index is 5.75. The topological polar surface area (TPSA) is 24.5 Å². The Hall–Kier alpha value is -0.120. The molecule has 0 aromatic carbocycles. The van der Waals surface area contributed by atoms with Gasteiger partial charge in [0.15, 0.2) is 0 Å². The zero-order valence-electron chi connectivity index (χ0n) is 12.2. The highest BCUT2D eigenvalue weighted by Crippen LogP contribution is 2.19. The second-order valence-corrected chi connectivity index (χ2v) is 5.87. The van der Waals surface area contributed by atoms with Crippen LogP contribution in [0.1, 0.15) is 52.4 Å². The highest BCUT2D eigenvalue weighted by atomic mass is 16.5. The smallest absolute Gasteiger partial charge is 0.0588 e. The predicted octanol–water partition coefficient (Wildman–Crippen LogP) is 2.41. The second-order valence-electron chi connectivity index (χ2n) is 5.87. The van der Waals surface area contributed by atoms with E-state index in [1.165, 1.54) is 58.2 Å². The Balaban J connectivity index is 1.79. The summed E-state index contributed by atoms with van der Waals surface area (Å²) in [5.41, 5.74) is 0. The summed E-state index contributed by atoms with van der Waals surface area (Å²) < 4.78 is 5.75. The molecule has 2 aliphatic rings. The van der Waals surface area contributed by atoms with Gasteiger partial charge in [0.05, 0.1) is 6.10 Å². The van der Waals surface area contributed by atoms with Crippen LogP contribution in [0.25, 0.3) is 0 Å². The third-order valence-electron chi connectivity index (χ3n) is 4.49. The molecule has 1 N–H and O–H groups in total. The molecule has 2 heterocycles. The van der Waals surface area contributed by atoms with Crippen molar-refractivity contribution in [2.75, 3.05) is 26.2 Å². The van der Waals surface area contributed by atoms with Gasteiger partial charge in [0.1, 0.15) is 0 Å². The van der Waals surface area contributed by atoms with Gasteiger partial charge in [-0.3, -0.25) is 4.90 Å². The van der Waals surface area contributed by atoms with E-state index in [1.54, 1.807) is 0 Å². The van der Waals surface area contributed by atoms with Gasteiger partial charge in [-0.2, -0.15) is 0 Å². The van der Waals surface area contributed by atoms with Crippen LogP contribution in [0, 0.1) is 0 Å². The van der Waals surface area contributed by atoms with Crippen LogP contribution >= 0.6 is 0 Å². The van der Waals surface area contributed by atoms with Crippen LogP contribution < -0.4 is 5.32 Å². The molecule has 0 spiro atoms. The van der Waals surface area contributed by atoms with Crippen molar-refractivity contribution in [2.24, 2.45) is 0 Å². The van der Waals surface area contributed by atoms with Crippen molar-refractivity contribution in [1.29, 1.82) is 0 Å². The average molecular weight is 254 g/mol. The first kappa shape index (κ1) is 14.3. The first-order chi connectivity index (χ1) is 8.83. The van der Waals surface area contributed by atoms with Crippen molar-refractivity contribution in [3.63, 3.8) is 0 Å². The van der Waals surface area contributed by atoms with E-state index in [1.807, 2.05) is 0 Å². The number of nitrogens with one attached hydrogen (secondary N) is 1. The Morgan fingerprint density at radius 2 is 2.17 bits per heavy atom. The molecule has 0 bridgehead atoms. The Kier molecular flexibility index (Phi) is 5.93. The van der Waals surface area contributed by atoms with Crippen molar-refractivity contribution in [3.8, 4) is 0 Å². The van der Waals surface area contributed by atoms with E-state index < -0.39 is 0 Å². The van der Waals surface area contributed by atoms with Gasteiger partial charge in [-0.1, -0.05) is 20.3 Å². The molecule has 2 saturated heterocycles. The van der Waals surface area contributed by atoms with Crippen molar-refractivity contribution in [2.45, 2.75) is 70.6 Å². The molecular weight excluding hydrogens is 224 g/mol. The summed E-state index contributed by atoms with van der Waals surface area (Å²) in [5, 5.41) is 3.69. The van der Waals surface area contributed by atoms with E-state index >= 15 is 0 Å². The van der Waals surface area contributed by atoms with Crippen LogP contribution in [-0.2, 0) is 4.74 Å². The lowest BCUT2D eigenvalue weighted by Gasteiger charge is -2.40. The number of rotatable bonds is 6. The SMILES string of the molecule is CCCC1CNC(CC)CN1CCC1CCCO1. The van der Waals surface area contributed by atoms with Crippen molar-refractivity contribution < 1.29 is 4.74 Å². The second kappa shape index (κ2) is 7.46. The van der Waals surface area contributed by atoms with Crippen LogP contribution in [0.5, 0.6) is 0 Å². The first-order valence-corrected chi connectivity index (χ1v) is 7.92. The van der Waals surface area contributed by atoms with E-state index in [2.05, 4.69) is 24.1 Å². The Labute approximate surface area is 112 Å². The molecule has 2 rings (SSSR count). The van der Waals surface area contributed by atoms with E-state index in [9.17, 15) is 0 Å². The highest BCUT2D eigenvalue weighted by Gasteiger charge is 2.27. The molecule has 0 amide bonds. The van der Waals surface area contributed by atoms with Gasteiger partial charge in [0, 0.05) is 38.3 Å². The highest BCUT2D eigenvalue weighted by molar-refractivity contribution is 4.86. The molecule has 18 heavy (non-hydrogen) atoms. The fraction of sp³-hybridized carbons (Fsp3) is 1.00. The van der Waals surface area contributed by atoms with Crippen LogP contribution in [0.3, 0.4) is 0 Å². The summed E-state index contributed by atoms with van der Waals surface area (Å²) in [5.74, 6) is 0. The minimum Gasteiger partial charge on any atom is -0.378 e. The predicted molar refractivity (Wildman–Crippen MR) is 75.9 cm³/mol. The minimum atomic E-state index is 0.544. The molecule has 2 fully saturated rings. The maximum Gasteiger partial charge on any atom is 0.0588 e. The standard InChI is InChI=1S/C15H30N2O/c1-3-6-14-11-16-13(4-2)12-17(14)9-8-15-7-5-10-18-15/h13-16H,3-12H2,1-2H3.